The largest absolute Gasteiger partial charge is 0.492 e. The lowest BCUT2D eigenvalue weighted by atomic mass is 10.0. The predicted octanol–water partition coefficient (Wildman–Crippen LogP) is 2.80. The fourth-order valence-electron chi connectivity index (χ4n) is 2.30. The Kier molecular flexibility index (Phi) is 4.23. The summed E-state index contributed by atoms with van der Waals surface area (Å²) < 4.78 is 5.70. The predicted molar refractivity (Wildman–Crippen MR) is 66.8 cm³/mol. The van der Waals surface area contributed by atoms with Gasteiger partial charge in [0.1, 0.15) is 12.4 Å². The molecule has 2 nitrogen and oxygen atoms in total. The summed E-state index contributed by atoms with van der Waals surface area (Å²) in [5.74, 6) is 1.83. The highest BCUT2D eigenvalue weighted by atomic mass is 16.5. The van der Waals surface area contributed by atoms with E-state index in [4.69, 9.17) is 4.74 Å². The Morgan fingerprint density at radius 1 is 1.31 bits per heavy atom. The Bertz CT molecular complexity index is 299. The summed E-state index contributed by atoms with van der Waals surface area (Å²) in [4.78, 5) is 2.51. The Hall–Kier alpha value is -1.02. The number of benzene rings is 1. The first kappa shape index (κ1) is 11.5. The maximum absolute atomic E-state index is 5.70. The summed E-state index contributed by atoms with van der Waals surface area (Å²) in [6.07, 6.45) is 2.72. The van der Waals surface area contributed by atoms with Crippen LogP contribution in [0, 0.1) is 5.92 Å². The molecule has 2 heteroatoms. The summed E-state index contributed by atoms with van der Waals surface area (Å²) in [6, 6.07) is 10.1. The number of hydrogen-bond donors (Lipinski definition) is 0. The molecule has 0 spiro atoms. The zero-order valence-electron chi connectivity index (χ0n) is 10.1. The van der Waals surface area contributed by atoms with E-state index in [2.05, 4.69) is 11.8 Å². The van der Waals surface area contributed by atoms with Gasteiger partial charge in [-0.25, -0.2) is 0 Å². The molecular weight excluding hydrogens is 198 g/mol. The minimum Gasteiger partial charge on any atom is -0.492 e. The highest BCUT2D eigenvalue weighted by molar-refractivity contribution is 5.20. The van der Waals surface area contributed by atoms with Gasteiger partial charge in [-0.15, -0.1) is 0 Å². The maximum atomic E-state index is 5.70. The van der Waals surface area contributed by atoms with Crippen LogP contribution in [-0.4, -0.2) is 31.1 Å². The molecule has 0 unspecified atom stereocenters. The van der Waals surface area contributed by atoms with E-state index in [0.717, 1.165) is 24.8 Å². The second-order valence-electron chi connectivity index (χ2n) is 4.71. The standard InChI is InChI=1S/C14H21NO/c1-13-6-5-9-15(12-13)10-11-16-14-7-3-2-4-8-14/h2-4,7-8,13H,5-6,9-12H2,1H3/t13-/m0/s1. The first-order chi connectivity index (χ1) is 7.84. The summed E-state index contributed by atoms with van der Waals surface area (Å²) in [6.45, 7) is 6.67. The van der Waals surface area contributed by atoms with Crippen LogP contribution in [0.25, 0.3) is 0 Å². The lowest BCUT2D eigenvalue weighted by molar-refractivity contribution is 0.153. The summed E-state index contributed by atoms with van der Waals surface area (Å²) in [7, 11) is 0. The number of ether oxygens (including phenoxy) is 1. The van der Waals surface area contributed by atoms with Crippen molar-refractivity contribution in [2.24, 2.45) is 5.92 Å². The quantitative estimate of drug-likeness (QED) is 0.772. The molecule has 0 N–H and O–H groups in total. The van der Waals surface area contributed by atoms with Crippen molar-refractivity contribution in [3.05, 3.63) is 30.3 Å². The Labute approximate surface area is 98.2 Å². The lowest BCUT2D eigenvalue weighted by Gasteiger charge is -2.30. The zero-order valence-corrected chi connectivity index (χ0v) is 10.1. The van der Waals surface area contributed by atoms with Crippen LogP contribution in [0.1, 0.15) is 19.8 Å². The van der Waals surface area contributed by atoms with Crippen LogP contribution >= 0.6 is 0 Å². The monoisotopic (exact) mass is 219 g/mol. The van der Waals surface area contributed by atoms with Crippen LogP contribution in [0.15, 0.2) is 30.3 Å². The minimum absolute atomic E-state index is 0.802. The van der Waals surface area contributed by atoms with Crippen molar-refractivity contribution in [2.45, 2.75) is 19.8 Å². The van der Waals surface area contributed by atoms with Gasteiger partial charge in [0.2, 0.25) is 0 Å². The smallest absolute Gasteiger partial charge is 0.119 e. The summed E-state index contributed by atoms with van der Waals surface area (Å²) in [5, 5.41) is 0. The molecule has 1 aromatic rings. The van der Waals surface area contributed by atoms with E-state index in [1.807, 2.05) is 30.3 Å². The maximum Gasteiger partial charge on any atom is 0.119 e. The lowest BCUT2D eigenvalue weighted by Crippen LogP contribution is -2.37. The van der Waals surface area contributed by atoms with Gasteiger partial charge in [0.25, 0.3) is 0 Å². The van der Waals surface area contributed by atoms with E-state index in [1.54, 1.807) is 0 Å². The molecule has 1 aliphatic heterocycles. The SMILES string of the molecule is C[C@H]1CCCN(CCOc2ccccc2)C1. The third-order valence-corrected chi connectivity index (χ3v) is 3.16. The third kappa shape index (κ3) is 3.53. The fourth-order valence-corrected chi connectivity index (χ4v) is 2.30. The topological polar surface area (TPSA) is 12.5 Å². The molecule has 88 valence electrons. The molecule has 0 aliphatic carbocycles. The fraction of sp³-hybridized carbons (Fsp3) is 0.571. The van der Waals surface area contributed by atoms with Gasteiger partial charge in [-0.1, -0.05) is 25.1 Å². The highest BCUT2D eigenvalue weighted by Gasteiger charge is 2.15. The van der Waals surface area contributed by atoms with Gasteiger partial charge in [-0.2, -0.15) is 0 Å². The van der Waals surface area contributed by atoms with Crippen LogP contribution in [0.2, 0.25) is 0 Å². The molecule has 2 rings (SSSR count). The molecule has 0 aromatic heterocycles. The normalized spacial score (nSPS) is 21.9. The van der Waals surface area contributed by atoms with E-state index in [9.17, 15) is 0 Å². The van der Waals surface area contributed by atoms with E-state index in [-0.39, 0.29) is 0 Å². The van der Waals surface area contributed by atoms with Gasteiger partial charge in [0.05, 0.1) is 0 Å². The van der Waals surface area contributed by atoms with Gasteiger partial charge < -0.3 is 4.74 Å². The number of likely N-dealkylation sites (tertiary alicyclic amines) is 1. The number of para-hydroxylation sites is 1. The first-order valence-electron chi connectivity index (χ1n) is 6.25. The molecule has 0 amide bonds. The van der Waals surface area contributed by atoms with Gasteiger partial charge in [-0.3, -0.25) is 4.90 Å². The molecule has 0 bridgehead atoms. The Morgan fingerprint density at radius 2 is 2.12 bits per heavy atom. The van der Waals surface area contributed by atoms with Gasteiger partial charge >= 0.3 is 0 Å². The van der Waals surface area contributed by atoms with Gasteiger partial charge in [0, 0.05) is 13.1 Å². The average molecular weight is 219 g/mol. The van der Waals surface area contributed by atoms with Gasteiger partial charge in [0.15, 0.2) is 0 Å². The van der Waals surface area contributed by atoms with Crippen LogP contribution in [0.3, 0.4) is 0 Å². The van der Waals surface area contributed by atoms with Crippen LogP contribution in [-0.2, 0) is 0 Å². The Morgan fingerprint density at radius 3 is 2.88 bits per heavy atom. The molecule has 0 saturated carbocycles. The van der Waals surface area contributed by atoms with Crippen LogP contribution in [0.4, 0.5) is 0 Å². The first-order valence-corrected chi connectivity index (χ1v) is 6.25. The van der Waals surface area contributed by atoms with Crippen molar-refractivity contribution < 1.29 is 4.74 Å². The van der Waals surface area contributed by atoms with Crippen LogP contribution in [0.5, 0.6) is 5.75 Å². The molecule has 1 aromatic carbocycles. The minimum atomic E-state index is 0.802. The number of piperidine rings is 1. The average Bonchev–Trinajstić information content (AvgIpc) is 2.30. The molecule has 0 radical (unpaired) electrons. The van der Waals surface area contributed by atoms with Crippen molar-refractivity contribution >= 4 is 0 Å². The van der Waals surface area contributed by atoms with E-state index >= 15 is 0 Å². The molecule has 1 aliphatic rings. The second kappa shape index (κ2) is 5.90. The summed E-state index contributed by atoms with van der Waals surface area (Å²) in [5.41, 5.74) is 0. The second-order valence-corrected chi connectivity index (χ2v) is 4.71. The molecule has 1 fully saturated rings. The van der Waals surface area contributed by atoms with E-state index < -0.39 is 0 Å². The molecule has 1 saturated heterocycles. The molecule has 1 atom stereocenters. The number of rotatable bonds is 4. The molecule has 16 heavy (non-hydrogen) atoms. The highest BCUT2D eigenvalue weighted by Crippen LogP contribution is 2.15. The van der Waals surface area contributed by atoms with Gasteiger partial charge in [-0.05, 0) is 37.4 Å². The van der Waals surface area contributed by atoms with Crippen molar-refractivity contribution in [3.63, 3.8) is 0 Å². The number of nitrogens with zero attached hydrogens (tertiary/aromatic N) is 1. The zero-order chi connectivity index (χ0) is 11.2. The number of hydrogen-bond acceptors (Lipinski definition) is 2. The Balaban J connectivity index is 1.68. The van der Waals surface area contributed by atoms with E-state index in [0.29, 0.717) is 0 Å². The van der Waals surface area contributed by atoms with Crippen LogP contribution < -0.4 is 4.74 Å². The summed E-state index contributed by atoms with van der Waals surface area (Å²) >= 11 is 0. The third-order valence-electron chi connectivity index (χ3n) is 3.16. The molecular formula is C14H21NO. The van der Waals surface area contributed by atoms with E-state index in [1.165, 1.54) is 25.9 Å². The van der Waals surface area contributed by atoms with Crippen molar-refractivity contribution in [2.75, 3.05) is 26.2 Å². The van der Waals surface area contributed by atoms with Crippen molar-refractivity contribution in [1.29, 1.82) is 0 Å². The van der Waals surface area contributed by atoms with Crippen molar-refractivity contribution in [1.82, 2.24) is 4.90 Å². The van der Waals surface area contributed by atoms with Crippen molar-refractivity contribution in [3.8, 4) is 5.75 Å². The molecule has 1 heterocycles.